The van der Waals surface area contributed by atoms with Crippen LogP contribution in [0.5, 0.6) is 0 Å². The lowest BCUT2D eigenvalue weighted by atomic mass is 9.89. The molecule has 1 aromatic heterocycles. The van der Waals surface area contributed by atoms with Crippen LogP contribution in [0.15, 0.2) is 24.3 Å². The van der Waals surface area contributed by atoms with Gasteiger partial charge in [-0.3, -0.25) is 0 Å². The number of nitrogens with one attached hydrogen (secondary N) is 1. The summed E-state index contributed by atoms with van der Waals surface area (Å²) in [5, 5.41) is 0. The Morgan fingerprint density at radius 2 is 2.05 bits per heavy atom. The molecular weight excluding hydrogens is 238 g/mol. The molecule has 19 heavy (non-hydrogen) atoms. The third-order valence-corrected chi connectivity index (χ3v) is 3.59. The van der Waals surface area contributed by atoms with Crippen LogP contribution in [0, 0.1) is 6.92 Å². The van der Waals surface area contributed by atoms with E-state index in [9.17, 15) is 4.79 Å². The number of ether oxygens (including phenoxy) is 1. The van der Waals surface area contributed by atoms with Crippen molar-refractivity contribution in [3.63, 3.8) is 0 Å². The van der Waals surface area contributed by atoms with Crippen LogP contribution in [0.1, 0.15) is 34.1 Å². The van der Waals surface area contributed by atoms with E-state index in [-0.39, 0.29) is 5.97 Å². The molecule has 1 N–H and O–H groups in total. The number of benzene rings is 1. The molecule has 2 aromatic rings. The van der Waals surface area contributed by atoms with Gasteiger partial charge in [0.2, 0.25) is 0 Å². The minimum atomic E-state index is -0.273. The highest BCUT2D eigenvalue weighted by molar-refractivity contribution is 5.90. The van der Waals surface area contributed by atoms with Crippen LogP contribution in [0.3, 0.4) is 0 Å². The van der Waals surface area contributed by atoms with Crippen molar-refractivity contribution in [3.8, 4) is 11.3 Å². The Labute approximate surface area is 112 Å². The van der Waals surface area contributed by atoms with Crippen molar-refractivity contribution in [1.82, 2.24) is 4.98 Å². The van der Waals surface area contributed by atoms with E-state index in [2.05, 4.69) is 30.1 Å². The number of fused-ring (bicyclic) bond motifs is 3. The molecule has 98 valence electrons. The zero-order chi connectivity index (χ0) is 13.4. The summed E-state index contributed by atoms with van der Waals surface area (Å²) in [6.45, 7) is 4.33. The van der Waals surface area contributed by atoms with Crippen molar-refractivity contribution in [1.29, 1.82) is 0 Å². The Balaban J connectivity index is 2.04. The third-order valence-electron chi connectivity index (χ3n) is 3.59. The van der Waals surface area contributed by atoms with E-state index in [1.54, 1.807) is 0 Å². The number of carbonyl (C=O) groups is 1. The van der Waals surface area contributed by atoms with Crippen LogP contribution >= 0.6 is 0 Å². The molecule has 1 aliphatic carbocycles. The maximum atomic E-state index is 11.8. The molecule has 0 amide bonds. The molecule has 0 spiro atoms. The molecule has 0 atom stereocenters. The maximum Gasteiger partial charge on any atom is 0.354 e. The van der Waals surface area contributed by atoms with E-state index < -0.39 is 0 Å². The number of aromatic amines is 1. The summed E-state index contributed by atoms with van der Waals surface area (Å²) >= 11 is 0. The quantitative estimate of drug-likeness (QED) is 0.837. The van der Waals surface area contributed by atoms with Crippen LogP contribution < -0.4 is 0 Å². The predicted octanol–water partition coefficient (Wildman–Crippen LogP) is 3.27. The molecule has 3 nitrogen and oxygen atoms in total. The first kappa shape index (κ1) is 12.0. The Kier molecular flexibility index (Phi) is 2.90. The van der Waals surface area contributed by atoms with Crippen LogP contribution in [0.4, 0.5) is 0 Å². The first-order valence-electron chi connectivity index (χ1n) is 6.68. The summed E-state index contributed by atoms with van der Waals surface area (Å²) < 4.78 is 5.04. The highest BCUT2D eigenvalue weighted by Crippen LogP contribution is 2.34. The average Bonchev–Trinajstić information content (AvgIpc) is 2.82. The van der Waals surface area contributed by atoms with E-state index in [0.717, 1.165) is 18.5 Å². The first-order valence-corrected chi connectivity index (χ1v) is 6.68. The number of carbonyl (C=O) groups excluding carboxylic acids is 1. The molecule has 3 rings (SSSR count). The summed E-state index contributed by atoms with van der Waals surface area (Å²) in [7, 11) is 0. The van der Waals surface area contributed by atoms with E-state index in [0.29, 0.717) is 12.3 Å². The minimum absolute atomic E-state index is 0.273. The number of esters is 1. The number of hydrogen-bond donors (Lipinski definition) is 1. The van der Waals surface area contributed by atoms with E-state index in [1.807, 2.05) is 13.0 Å². The number of H-pyrrole nitrogens is 1. The number of aromatic nitrogens is 1. The summed E-state index contributed by atoms with van der Waals surface area (Å²) in [5.74, 6) is -0.273. The highest BCUT2D eigenvalue weighted by atomic mass is 16.5. The van der Waals surface area contributed by atoms with Crippen LogP contribution in [-0.4, -0.2) is 17.6 Å². The van der Waals surface area contributed by atoms with Crippen molar-refractivity contribution in [3.05, 3.63) is 46.6 Å². The molecule has 0 unspecified atom stereocenters. The lowest BCUT2D eigenvalue weighted by Crippen LogP contribution is -2.04. The first-order chi connectivity index (χ1) is 9.19. The molecule has 0 aliphatic heterocycles. The lowest BCUT2D eigenvalue weighted by molar-refractivity contribution is 0.0520. The monoisotopic (exact) mass is 255 g/mol. The zero-order valence-corrected chi connectivity index (χ0v) is 11.2. The molecule has 3 heteroatoms. The number of aryl methyl sites for hydroxylation is 3. The Morgan fingerprint density at radius 1 is 1.26 bits per heavy atom. The van der Waals surface area contributed by atoms with Gasteiger partial charge in [0.15, 0.2) is 0 Å². The molecule has 1 aliphatic rings. The van der Waals surface area contributed by atoms with Crippen molar-refractivity contribution in [2.45, 2.75) is 26.7 Å². The molecule has 0 bridgehead atoms. The van der Waals surface area contributed by atoms with Gasteiger partial charge in [0.25, 0.3) is 0 Å². The normalized spacial score (nSPS) is 12.7. The zero-order valence-electron chi connectivity index (χ0n) is 11.2. The Bertz CT molecular complexity index is 640. The van der Waals surface area contributed by atoms with Gasteiger partial charge in [0.05, 0.1) is 6.61 Å². The van der Waals surface area contributed by atoms with Gasteiger partial charge in [-0.25, -0.2) is 4.79 Å². The summed E-state index contributed by atoms with van der Waals surface area (Å²) in [6.07, 6.45) is 2.01. The minimum Gasteiger partial charge on any atom is -0.461 e. The van der Waals surface area contributed by atoms with Gasteiger partial charge in [0.1, 0.15) is 5.69 Å². The fraction of sp³-hybridized carbons (Fsp3) is 0.312. The van der Waals surface area contributed by atoms with Crippen LogP contribution in [-0.2, 0) is 17.6 Å². The third kappa shape index (κ3) is 2.05. The van der Waals surface area contributed by atoms with Gasteiger partial charge < -0.3 is 9.72 Å². The van der Waals surface area contributed by atoms with Crippen molar-refractivity contribution >= 4 is 5.97 Å². The van der Waals surface area contributed by atoms with Gasteiger partial charge in [-0.05, 0) is 43.9 Å². The molecule has 1 heterocycles. The predicted molar refractivity (Wildman–Crippen MR) is 74.3 cm³/mol. The lowest BCUT2D eigenvalue weighted by Gasteiger charge is -2.16. The van der Waals surface area contributed by atoms with Gasteiger partial charge in [-0.1, -0.05) is 23.8 Å². The van der Waals surface area contributed by atoms with Crippen molar-refractivity contribution in [2.24, 2.45) is 0 Å². The van der Waals surface area contributed by atoms with Crippen LogP contribution in [0.2, 0.25) is 0 Å². The summed E-state index contributed by atoms with van der Waals surface area (Å²) in [4.78, 5) is 15.0. The highest BCUT2D eigenvalue weighted by Gasteiger charge is 2.21. The number of rotatable bonds is 2. The van der Waals surface area contributed by atoms with E-state index in [1.165, 1.54) is 22.3 Å². The van der Waals surface area contributed by atoms with E-state index in [4.69, 9.17) is 4.74 Å². The molecule has 0 radical (unpaired) electrons. The average molecular weight is 255 g/mol. The number of hydrogen-bond acceptors (Lipinski definition) is 2. The Hall–Kier alpha value is -2.03. The van der Waals surface area contributed by atoms with E-state index >= 15 is 0 Å². The van der Waals surface area contributed by atoms with Crippen molar-refractivity contribution in [2.75, 3.05) is 6.61 Å². The van der Waals surface area contributed by atoms with Gasteiger partial charge >= 0.3 is 5.97 Å². The fourth-order valence-electron chi connectivity index (χ4n) is 2.70. The van der Waals surface area contributed by atoms with Crippen molar-refractivity contribution < 1.29 is 9.53 Å². The second-order valence-electron chi connectivity index (χ2n) is 4.96. The van der Waals surface area contributed by atoms with Gasteiger partial charge in [-0.15, -0.1) is 0 Å². The smallest absolute Gasteiger partial charge is 0.354 e. The van der Waals surface area contributed by atoms with Crippen LogP contribution in [0.25, 0.3) is 11.3 Å². The fourth-order valence-corrected chi connectivity index (χ4v) is 2.70. The van der Waals surface area contributed by atoms with Gasteiger partial charge in [-0.2, -0.15) is 0 Å². The second-order valence-corrected chi connectivity index (χ2v) is 4.96. The Morgan fingerprint density at radius 3 is 2.84 bits per heavy atom. The summed E-state index contributed by atoms with van der Waals surface area (Å²) in [5.41, 5.74) is 6.68. The second kappa shape index (κ2) is 4.57. The standard InChI is InChI=1S/C16H17NO2/c1-3-19-16(18)14-9-12-6-5-11-8-10(2)4-7-13(11)15(12)17-14/h4,7-9,17H,3,5-6H2,1-2H3. The molecule has 1 aromatic carbocycles. The SMILES string of the molecule is CCOC(=O)c1cc2c([nH]1)-c1ccc(C)cc1CC2. The molecular formula is C16H17NO2. The topological polar surface area (TPSA) is 42.1 Å². The largest absolute Gasteiger partial charge is 0.461 e. The molecule has 0 saturated carbocycles. The maximum absolute atomic E-state index is 11.8. The summed E-state index contributed by atoms with van der Waals surface area (Å²) in [6, 6.07) is 8.40. The van der Waals surface area contributed by atoms with Gasteiger partial charge in [0, 0.05) is 11.3 Å². The molecule has 0 fully saturated rings. The molecule has 0 saturated heterocycles.